The molecule has 16 heavy (non-hydrogen) atoms. The van der Waals surface area contributed by atoms with Gasteiger partial charge in [-0.1, -0.05) is 11.3 Å². The van der Waals surface area contributed by atoms with Gasteiger partial charge in [0.05, 0.1) is 6.10 Å². The van der Waals surface area contributed by atoms with E-state index in [-0.39, 0.29) is 0 Å². The molecule has 0 spiro atoms. The Bertz CT molecular complexity index is 364. The van der Waals surface area contributed by atoms with Gasteiger partial charge < -0.3 is 10.1 Å². The van der Waals surface area contributed by atoms with Gasteiger partial charge in [0, 0.05) is 25.1 Å². The number of ether oxygens (including phenoxy) is 1. The van der Waals surface area contributed by atoms with Gasteiger partial charge in [-0.05, 0) is 26.2 Å². The van der Waals surface area contributed by atoms with Crippen molar-refractivity contribution in [2.24, 2.45) is 0 Å². The van der Waals surface area contributed by atoms with E-state index >= 15 is 0 Å². The van der Waals surface area contributed by atoms with Crippen LogP contribution in [-0.4, -0.2) is 29.0 Å². The Morgan fingerprint density at radius 2 is 2.25 bits per heavy atom. The Kier molecular flexibility index (Phi) is 2.91. The molecule has 0 bridgehead atoms. The minimum atomic E-state index is 0.303. The van der Waals surface area contributed by atoms with Crippen molar-refractivity contribution >= 4 is 11.3 Å². The third kappa shape index (κ3) is 2.26. The number of rotatable bonds is 4. The van der Waals surface area contributed by atoms with Gasteiger partial charge in [0.15, 0.2) is 0 Å². The summed E-state index contributed by atoms with van der Waals surface area (Å²) in [6, 6.07) is 0.737. The molecule has 2 unspecified atom stereocenters. The molecular formula is C11H17N3OS. The molecule has 1 aromatic heterocycles. The van der Waals surface area contributed by atoms with Gasteiger partial charge in [0.1, 0.15) is 10.0 Å². The Morgan fingerprint density at radius 3 is 2.94 bits per heavy atom. The molecule has 1 N–H and O–H groups in total. The quantitative estimate of drug-likeness (QED) is 0.868. The molecule has 2 aliphatic rings. The zero-order valence-electron chi connectivity index (χ0n) is 9.48. The van der Waals surface area contributed by atoms with Gasteiger partial charge in [0.25, 0.3) is 0 Å². The highest BCUT2D eigenvalue weighted by molar-refractivity contribution is 7.11. The molecule has 2 heterocycles. The maximum atomic E-state index is 5.56. The zero-order valence-corrected chi connectivity index (χ0v) is 10.3. The molecule has 1 aliphatic heterocycles. The Hall–Kier alpha value is -0.520. The van der Waals surface area contributed by atoms with Crippen molar-refractivity contribution in [3.8, 4) is 0 Å². The van der Waals surface area contributed by atoms with Crippen molar-refractivity contribution in [2.75, 3.05) is 6.61 Å². The molecule has 3 rings (SSSR count). The normalized spacial score (nSPS) is 29.8. The van der Waals surface area contributed by atoms with Crippen LogP contribution < -0.4 is 5.32 Å². The summed E-state index contributed by atoms with van der Waals surface area (Å²) in [6.45, 7) is 3.87. The van der Waals surface area contributed by atoms with Crippen molar-refractivity contribution in [3.05, 3.63) is 10.0 Å². The van der Waals surface area contributed by atoms with Gasteiger partial charge in [-0.2, -0.15) is 0 Å². The first kappa shape index (κ1) is 10.6. The van der Waals surface area contributed by atoms with E-state index in [2.05, 4.69) is 22.4 Å². The van der Waals surface area contributed by atoms with E-state index in [0.717, 1.165) is 35.6 Å². The average molecular weight is 239 g/mol. The summed E-state index contributed by atoms with van der Waals surface area (Å²) in [5.74, 6) is 0.465. The molecule has 4 nitrogen and oxygen atoms in total. The third-order valence-corrected chi connectivity index (χ3v) is 4.35. The number of nitrogens with one attached hydrogen (secondary N) is 1. The SMILES string of the molecule is CC1OCCC1c1nnc(CNC2CC2)s1. The predicted octanol–water partition coefficient (Wildman–Crippen LogP) is 1.68. The Labute approximate surface area is 99.4 Å². The standard InChI is InChI=1S/C11H17N3OS/c1-7-9(4-5-15-7)11-14-13-10(16-11)6-12-8-2-3-8/h7-9,12H,2-6H2,1H3. The Morgan fingerprint density at radius 1 is 1.38 bits per heavy atom. The van der Waals surface area contributed by atoms with Crippen LogP contribution in [0.25, 0.3) is 0 Å². The van der Waals surface area contributed by atoms with E-state index < -0.39 is 0 Å². The summed E-state index contributed by atoms with van der Waals surface area (Å²) in [5.41, 5.74) is 0. The fourth-order valence-electron chi connectivity index (χ4n) is 2.06. The van der Waals surface area contributed by atoms with Gasteiger partial charge in [-0.3, -0.25) is 0 Å². The predicted molar refractivity (Wildman–Crippen MR) is 62.5 cm³/mol. The summed E-state index contributed by atoms with van der Waals surface area (Å²) in [5, 5.41) is 14.3. The molecule has 1 aromatic rings. The van der Waals surface area contributed by atoms with E-state index in [1.165, 1.54) is 12.8 Å². The van der Waals surface area contributed by atoms with Crippen molar-refractivity contribution in [1.82, 2.24) is 15.5 Å². The summed E-state index contributed by atoms with van der Waals surface area (Å²) < 4.78 is 5.56. The monoisotopic (exact) mass is 239 g/mol. The third-order valence-electron chi connectivity index (χ3n) is 3.30. The number of aromatic nitrogens is 2. The van der Waals surface area contributed by atoms with E-state index in [4.69, 9.17) is 4.74 Å². The molecule has 5 heteroatoms. The summed E-state index contributed by atoms with van der Waals surface area (Å²) in [6.07, 6.45) is 4.03. The second kappa shape index (κ2) is 4.39. The van der Waals surface area contributed by atoms with Crippen LogP contribution in [0.15, 0.2) is 0 Å². The number of hydrogen-bond acceptors (Lipinski definition) is 5. The summed E-state index contributed by atoms with van der Waals surface area (Å²) >= 11 is 1.74. The molecule has 1 aliphatic carbocycles. The molecule has 1 saturated heterocycles. The topological polar surface area (TPSA) is 47.0 Å². The van der Waals surface area contributed by atoms with Crippen molar-refractivity contribution < 1.29 is 4.74 Å². The van der Waals surface area contributed by atoms with Crippen molar-refractivity contribution in [2.45, 2.75) is 50.8 Å². The van der Waals surface area contributed by atoms with Crippen LogP contribution in [0.3, 0.4) is 0 Å². The van der Waals surface area contributed by atoms with Crippen LogP contribution in [0, 0.1) is 0 Å². The number of nitrogens with zero attached hydrogens (tertiary/aromatic N) is 2. The van der Waals surface area contributed by atoms with Gasteiger partial charge in [-0.15, -0.1) is 10.2 Å². The second-order valence-corrected chi connectivity index (χ2v) is 5.75. The van der Waals surface area contributed by atoms with Gasteiger partial charge in [-0.25, -0.2) is 0 Å². The summed E-state index contributed by atoms with van der Waals surface area (Å²) in [7, 11) is 0. The smallest absolute Gasteiger partial charge is 0.131 e. The van der Waals surface area contributed by atoms with Crippen LogP contribution in [-0.2, 0) is 11.3 Å². The van der Waals surface area contributed by atoms with Crippen LogP contribution >= 0.6 is 11.3 Å². The molecule has 0 aromatic carbocycles. The molecule has 2 fully saturated rings. The maximum absolute atomic E-state index is 5.56. The van der Waals surface area contributed by atoms with Crippen molar-refractivity contribution in [3.63, 3.8) is 0 Å². The lowest BCUT2D eigenvalue weighted by atomic mass is 10.0. The van der Waals surface area contributed by atoms with Gasteiger partial charge in [0.2, 0.25) is 0 Å². The average Bonchev–Trinajstić information content (AvgIpc) is 2.82. The molecule has 1 saturated carbocycles. The van der Waals surface area contributed by atoms with Crippen LogP contribution in [0.5, 0.6) is 0 Å². The first-order valence-electron chi connectivity index (χ1n) is 6.00. The highest BCUT2D eigenvalue weighted by atomic mass is 32.1. The number of hydrogen-bond donors (Lipinski definition) is 1. The minimum absolute atomic E-state index is 0.303. The van der Waals surface area contributed by atoms with E-state index in [9.17, 15) is 0 Å². The van der Waals surface area contributed by atoms with Crippen LogP contribution in [0.4, 0.5) is 0 Å². The first-order valence-corrected chi connectivity index (χ1v) is 6.82. The molecule has 0 amide bonds. The molecule has 2 atom stereocenters. The lowest BCUT2D eigenvalue weighted by Gasteiger charge is -2.08. The lowest BCUT2D eigenvalue weighted by Crippen LogP contribution is -2.14. The second-order valence-electron chi connectivity index (χ2n) is 4.66. The van der Waals surface area contributed by atoms with Crippen LogP contribution in [0.1, 0.15) is 42.1 Å². The fourth-order valence-corrected chi connectivity index (χ4v) is 3.08. The molecule has 0 radical (unpaired) electrons. The zero-order chi connectivity index (χ0) is 11.0. The van der Waals surface area contributed by atoms with E-state index in [0.29, 0.717) is 12.0 Å². The van der Waals surface area contributed by atoms with E-state index in [1.54, 1.807) is 11.3 Å². The fraction of sp³-hybridized carbons (Fsp3) is 0.818. The highest BCUT2D eigenvalue weighted by Crippen LogP contribution is 2.32. The molecular weight excluding hydrogens is 222 g/mol. The minimum Gasteiger partial charge on any atom is -0.378 e. The molecule has 88 valence electrons. The highest BCUT2D eigenvalue weighted by Gasteiger charge is 2.29. The van der Waals surface area contributed by atoms with Gasteiger partial charge >= 0.3 is 0 Å². The van der Waals surface area contributed by atoms with Crippen molar-refractivity contribution in [1.29, 1.82) is 0 Å². The van der Waals surface area contributed by atoms with E-state index in [1.807, 2.05) is 0 Å². The Balaban J connectivity index is 1.62. The lowest BCUT2D eigenvalue weighted by molar-refractivity contribution is 0.118. The summed E-state index contributed by atoms with van der Waals surface area (Å²) in [4.78, 5) is 0. The van der Waals surface area contributed by atoms with Crippen LogP contribution in [0.2, 0.25) is 0 Å². The first-order chi connectivity index (χ1) is 7.83. The maximum Gasteiger partial charge on any atom is 0.131 e. The largest absolute Gasteiger partial charge is 0.378 e.